The van der Waals surface area contributed by atoms with Gasteiger partial charge < -0.3 is 16.2 Å². The van der Waals surface area contributed by atoms with Crippen molar-refractivity contribution < 1.29 is 14.7 Å². The molecule has 4 N–H and O–H groups in total. The van der Waals surface area contributed by atoms with Crippen LogP contribution < -0.4 is 11.1 Å². The number of rotatable bonds is 16. The van der Waals surface area contributed by atoms with Crippen molar-refractivity contribution in [3.8, 4) is 0 Å². The van der Waals surface area contributed by atoms with Crippen LogP contribution in [0.25, 0.3) is 0 Å². The maximum atomic E-state index is 10.5. The third kappa shape index (κ3) is 30.3. The van der Waals surface area contributed by atoms with Crippen LogP contribution in [0.15, 0.2) is 24.3 Å². The van der Waals surface area contributed by atoms with Gasteiger partial charge in [-0.15, -0.1) is 0 Å². The van der Waals surface area contributed by atoms with Gasteiger partial charge in [-0.05, 0) is 45.6 Å². The number of hydrogen-bond acceptors (Lipinski definition) is 3. The Morgan fingerprint density at radius 1 is 0.885 bits per heavy atom. The normalized spacial score (nSPS) is 10.8. The first-order chi connectivity index (χ1) is 12.5. The fourth-order valence-electron chi connectivity index (χ4n) is 2.26. The van der Waals surface area contributed by atoms with Crippen molar-refractivity contribution in [1.82, 2.24) is 5.32 Å². The molecule has 0 unspecified atom stereocenters. The minimum Gasteiger partial charge on any atom is -0.480 e. The van der Waals surface area contributed by atoms with Crippen molar-refractivity contribution in [1.29, 1.82) is 0 Å². The van der Waals surface area contributed by atoms with Crippen LogP contribution in [0.2, 0.25) is 0 Å². The predicted octanol–water partition coefficient (Wildman–Crippen LogP) is 4.58. The van der Waals surface area contributed by atoms with Crippen molar-refractivity contribution in [2.75, 3.05) is 13.6 Å². The van der Waals surface area contributed by atoms with Gasteiger partial charge in [-0.25, -0.2) is 0 Å². The standard InChI is InChI=1S/C18H33NO.C3H7NO2/c1-2-3-4-5-6-7-8-9-10-11-12-13-14-15-16-17-18(19)20;1-4-2-3(5)6/h6-7,9-10H,2-5,8,11-17H2,1H3,(H2,19,20);4H,2H2,1H3,(H,5,6)/b7-6-,10-9-;. The summed E-state index contributed by atoms with van der Waals surface area (Å²) in [5, 5.41) is 10.3. The average molecular weight is 369 g/mol. The molecule has 0 aliphatic heterocycles. The molecule has 5 heteroatoms. The Balaban J connectivity index is 0. The van der Waals surface area contributed by atoms with E-state index < -0.39 is 5.97 Å². The summed E-state index contributed by atoms with van der Waals surface area (Å²) >= 11 is 0. The summed E-state index contributed by atoms with van der Waals surface area (Å²) in [4.78, 5) is 20.1. The van der Waals surface area contributed by atoms with Crippen molar-refractivity contribution in [3.05, 3.63) is 24.3 Å². The molecule has 26 heavy (non-hydrogen) atoms. The Bertz CT molecular complexity index is 379. The summed E-state index contributed by atoms with van der Waals surface area (Å²) in [5.41, 5.74) is 5.09. The largest absolute Gasteiger partial charge is 0.480 e. The van der Waals surface area contributed by atoms with E-state index in [2.05, 4.69) is 36.5 Å². The van der Waals surface area contributed by atoms with Crippen LogP contribution in [0.5, 0.6) is 0 Å². The van der Waals surface area contributed by atoms with E-state index in [1.165, 1.54) is 51.4 Å². The number of carbonyl (C=O) groups is 2. The summed E-state index contributed by atoms with van der Waals surface area (Å²) in [5.74, 6) is -0.992. The average Bonchev–Trinajstić information content (AvgIpc) is 2.58. The van der Waals surface area contributed by atoms with Gasteiger partial charge >= 0.3 is 5.97 Å². The lowest BCUT2D eigenvalue weighted by Crippen LogP contribution is -2.16. The predicted molar refractivity (Wildman–Crippen MR) is 110 cm³/mol. The van der Waals surface area contributed by atoms with Crippen molar-refractivity contribution in [2.24, 2.45) is 5.73 Å². The molecule has 0 rings (SSSR count). The first kappa shape index (κ1) is 26.6. The Hall–Kier alpha value is -1.62. The molecule has 0 atom stereocenters. The minimum atomic E-state index is -0.822. The second-order valence-corrected chi connectivity index (χ2v) is 6.37. The van der Waals surface area contributed by atoms with Gasteiger partial charge in [0.15, 0.2) is 0 Å². The van der Waals surface area contributed by atoms with Gasteiger partial charge in [0.05, 0.1) is 6.54 Å². The Kier molecular flexibility index (Phi) is 23.9. The highest BCUT2D eigenvalue weighted by Crippen LogP contribution is 2.07. The first-order valence-corrected chi connectivity index (χ1v) is 9.99. The number of aliphatic carboxylic acids is 1. The van der Waals surface area contributed by atoms with Gasteiger partial charge in [0, 0.05) is 6.42 Å². The van der Waals surface area contributed by atoms with Gasteiger partial charge in [0.25, 0.3) is 0 Å². The van der Waals surface area contributed by atoms with Crippen LogP contribution >= 0.6 is 0 Å². The summed E-state index contributed by atoms with van der Waals surface area (Å²) in [7, 11) is 1.59. The van der Waals surface area contributed by atoms with Crippen LogP contribution in [-0.4, -0.2) is 30.6 Å². The monoisotopic (exact) mass is 368 g/mol. The molecular formula is C21H40N2O3. The van der Waals surface area contributed by atoms with Gasteiger partial charge in [0.2, 0.25) is 5.91 Å². The van der Waals surface area contributed by atoms with Crippen molar-refractivity contribution >= 4 is 11.9 Å². The van der Waals surface area contributed by atoms with E-state index in [9.17, 15) is 9.59 Å². The Morgan fingerprint density at radius 2 is 1.42 bits per heavy atom. The highest BCUT2D eigenvalue weighted by atomic mass is 16.4. The van der Waals surface area contributed by atoms with Crippen molar-refractivity contribution in [2.45, 2.75) is 84.0 Å². The lowest BCUT2D eigenvalue weighted by Gasteiger charge is -1.98. The second-order valence-electron chi connectivity index (χ2n) is 6.37. The molecule has 0 aromatic carbocycles. The Morgan fingerprint density at radius 3 is 1.88 bits per heavy atom. The summed E-state index contributed by atoms with van der Waals surface area (Å²) < 4.78 is 0. The van der Waals surface area contributed by atoms with E-state index in [-0.39, 0.29) is 12.5 Å². The molecule has 0 aromatic rings. The number of hydrogen-bond donors (Lipinski definition) is 3. The number of amides is 1. The van der Waals surface area contributed by atoms with Crippen LogP contribution in [0.3, 0.4) is 0 Å². The third-order valence-electron chi connectivity index (χ3n) is 3.70. The highest BCUT2D eigenvalue weighted by molar-refractivity contribution is 5.73. The molecule has 152 valence electrons. The molecule has 0 heterocycles. The number of carboxylic acid groups (broad SMARTS) is 1. The molecule has 0 aromatic heterocycles. The Labute approximate surface area is 160 Å². The topological polar surface area (TPSA) is 92.4 Å². The zero-order valence-corrected chi connectivity index (χ0v) is 16.8. The fraction of sp³-hybridized carbons (Fsp3) is 0.714. The quantitative estimate of drug-likeness (QED) is 0.275. The lowest BCUT2D eigenvalue weighted by molar-refractivity contribution is -0.135. The molecular weight excluding hydrogens is 328 g/mol. The minimum absolute atomic E-state index is 0.0417. The zero-order chi connectivity index (χ0) is 19.9. The molecule has 0 fully saturated rings. The summed E-state index contributed by atoms with van der Waals surface area (Å²) in [6.45, 7) is 2.28. The lowest BCUT2D eigenvalue weighted by atomic mass is 10.1. The van der Waals surface area contributed by atoms with Gasteiger partial charge in [-0.1, -0.05) is 63.3 Å². The summed E-state index contributed by atoms with van der Waals surface area (Å²) in [6, 6.07) is 0. The van der Waals surface area contributed by atoms with E-state index >= 15 is 0 Å². The maximum absolute atomic E-state index is 10.5. The molecule has 0 radical (unpaired) electrons. The number of nitrogens with two attached hydrogens (primary N) is 1. The molecule has 0 saturated carbocycles. The van der Waals surface area contributed by atoms with Gasteiger partial charge in [-0.3, -0.25) is 9.59 Å². The highest BCUT2D eigenvalue weighted by Gasteiger charge is 1.94. The number of unbranched alkanes of at least 4 members (excludes halogenated alkanes) is 8. The number of allylic oxidation sites excluding steroid dienone is 4. The second kappa shape index (κ2) is 23.4. The smallest absolute Gasteiger partial charge is 0.317 e. The number of nitrogens with one attached hydrogen (secondary N) is 1. The first-order valence-electron chi connectivity index (χ1n) is 9.99. The molecule has 1 amide bonds. The SMILES string of the molecule is CCCCC/C=C\C/C=C\CCCCCCCC(N)=O.CNCC(=O)O. The summed E-state index contributed by atoms with van der Waals surface area (Å²) in [6.07, 6.45) is 23.0. The number of carbonyl (C=O) groups excluding carboxylic acids is 1. The third-order valence-corrected chi connectivity index (χ3v) is 3.70. The van der Waals surface area contributed by atoms with Crippen LogP contribution in [0, 0.1) is 0 Å². The van der Waals surface area contributed by atoms with Crippen molar-refractivity contribution in [3.63, 3.8) is 0 Å². The van der Waals surface area contributed by atoms with Gasteiger partial charge in [-0.2, -0.15) is 0 Å². The van der Waals surface area contributed by atoms with E-state index in [4.69, 9.17) is 10.8 Å². The van der Waals surface area contributed by atoms with Crippen LogP contribution in [-0.2, 0) is 9.59 Å². The molecule has 0 spiro atoms. The molecule has 0 bridgehead atoms. The van der Waals surface area contributed by atoms with Crippen LogP contribution in [0.4, 0.5) is 0 Å². The molecule has 0 aliphatic rings. The van der Waals surface area contributed by atoms with Gasteiger partial charge in [0.1, 0.15) is 0 Å². The van der Waals surface area contributed by atoms with E-state index in [1.54, 1.807) is 7.05 Å². The van der Waals surface area contributed by atoms with E-state index in [1.807, 2.05) is 0 Å². The van der Waals surface area contributed by atoms with Crippen LogP contribution in [0.1, 0.15) is 84.0 Å². The maximum Gasteiger partial charge on any atom is 0.317 e. The van der Waals surface area contributed by atoms with E-state index in [0.29, 0.717) is 6.42 Å². The molecule has 0 saturated heterocycles. The van der Waals surface area contributed by atoms with E-state index in [0.717, 1.165) is 19.3 Å². The molecule has 5 nitrogen and oxygen atoms in total. The fourth-order valence-corrected chi connectivity index (χ4v) is 2.26. The number of primary amides is 1. The number of carboxylic acids is 1. The zero-order valence-electron chi connectivity index (χ0n) is 16.8. The number of likely N-dealkylation sites (N-methyl/N-ethyl adjacent to an activating group) is 1. The molecule has 0 aliphatic carbocycles.